The van der Waals surface area contributed by atoms with Crippen molar-refractivity contribution in [1.82, 2.24) is 10.6 Å². The molecule has 0 unspecified atom stereocenters. The van der Waals surface area contributed by atoms with E-state index < -0.39 is 0 Å². The van der Waals surface area contributed by atoms with E-state index in [-0.39, 0.29) is 24.0 Å². The molecule has 0 fully saturated rings. The molecule has 0 bridgehead atoms. The van der Waals surface area contributed by atoms with Gasteiger partial charge in [0.1, 0.15) is 0 Å². The van der Waals surface area contributed by atoms with E-state index >= 15 is 0 Å². The molecule has 0 aliphatic heterocycles. The number of halogens is 1. The molecule has 17 heavy (non-hydrogen) atoms. The average Bonchev–Trinajstić information content (AvgIpc) is 2.77. The van der Waals surface area contributed by atoms with Gasteiger partial charge in [0.2, 0.25) is 0 Å². The van der Waals surface area contributed by atoms with Crippen LogP contribution in [0, 0.1) is 0 Å². The van der Waals surface area contributed by atoms with Crippen LogP contribution < -0.4 is 10.6 Å². The summed E-state index contributed by atoms with van der Waals surface area (Å²) >= 11 is 0. The highest BCUT2D eigenvalue weighted by Gasteiger charge is 2.10. The van der Waals surface area contributed by atoms with Crippen LogP contribution in [0.4, 0.5) is 0 Å². The van der Waals surface area contributed by atoms with Gasteiger partial charge in [0.15, 0.2) is 5.96 Å². The van der Waals surface area contributed by atoms with Crippen LogP contribution in [0.2, 0.25) is 0 Å². The predicted molar refractivity (Wildman–Crippen MR) is 83.1 cm³/mol. The highest BCUT2D eigenvalue weighted by molar-refractivity contribution is 14.0. The van der Waals surface area contributed by atoms with Crippen LogP contribution in [-0.4, -0.2) is 20.1 Å². The Bertz CT molecular complexity index is 402. The Kier molecular flexibility index (Phi) is 5.74. The summed E-state index contributed by atoms with van der Waals surface area (Å²) in [5.41, 5.74) is 4.39. The summed E-state index contributed by atoms with van der Waals surface area (Å²) in [6.07, 6.45) is 3.80. The predicted octanol–water partition coefficient (Wildman–Crippen LogP) is 2.09. The van der Waals surface area contributed by atoms with Gasteiger partial charge in [-0.25, -0.2) is 0 Å². The first-order chi connectivity index (χ1) is 7.83. The number of nitrogens with one attached hydrogen (secondary N) is 2. The lowest BCUT2D eigenvalue weighted by atomic mass is 10.1. The number of fused-ring (bicyclic) bond motifs is 1. The van der Waals surface area contributed by atoms with Crippen LogP contribution in [0.25, 0.3) is 0 Å². The summed E-state index contributed by atoms with van der Waals surface area (Å²) in [6, 6.07) is 6.79. The van der Waals surface area contributed by atoms with Crippen molar-refractivity contribution >= 4 is 29.9 Å². The maximum Gasteiger partial charge on any atom is 0.190 e. The number of hydrogen-bond acceptors (Lipinski definition) is 1. The molecule has 0 atom stereocenters. The summed E-state index contributed by atoms with van der Waals surface area (Å²) in [6.45, 7) is 0.834. The number of aryl methyl sites for hydroxylation is 2. The fraction of sp³-hybridized carbons (Fsp3) is 0.462. The molecule has 0 saturated heterocycles. The van der Waals surface area contributed by atoms with E-state index in [0.29, 0.717) is 0 Å². The molecule has 1 aliphatic carbocycles. The third-order valence-corrected chi connectivity index (χ3v) is 3.08. The fourth-order valence-electron chi connectivity index (χ4n) is 2.20. The van der Waals surface area contributed by atoms with Crippen LogP contribution in [0.15, 0.2) is 23.2 Å². The van der Waals surface area contributed by atoms with Crippen molar-refractivity contribution in [2.75, 3.05) is 14.1 Å². The first-order valence-corrected chi connectivity index (χ1v) is 5.82. The maximum absolute atomic E-state index is 4.09. The number of benzene rings is 1. The number of rotatable bonds is 2. The second-order valence-corrected chi connectivity index (χ2v) is 4.13. The molecule has 3 nitrogen and oxygen atoms in total. The molecule has 1 aliphatic rings. The van der Waals surface area contributed by atoms with E-state index in [1.54, 1.807) is 7.05 Å². The van der Waals surface area contributed by atoms with Gasteiger partial charge in [-0.2, -0.15) is 0 Å². The van der Waals surface area contributed by atoms with Crippen molar-refractivity contribution in [3.05, 3.63) is 34.9 Å². The monoisotopic (exact) mass is 345 g/mol. The van der Waals surface area contributed by atoms with Crippen molar-refractivity contribution in [2.24, 2.45) is 4.99 Å². The van der Waals surface area contributed by atoms with Crippen molar-refractivity contribution in [3.63, 3.8) is 0 Å². The Morgan fingerprint density at radius 3 is 2.76 bits per heavy atom. The van der Waals surface area contributed by atoms with Crippen molar-refractivity contribution < 1.29 is 0 Å². The van der Waals surface area contributed by atoms with E-state index in [0.717, 1.165) is 12.5 Å². The molecule has 1 aromatic carbocycles. The summed E-state index contributed by atoms with van der Waals surface area (Å²) in [5.74, 6) is 0.834. The van der Waals surface area contributed by atoms with E-state index in [1.807, 2.05) is 7.05 Å². The van der Waals surface area contributed by atoms with E-state index in [4.69, 9.17) is 0 Å². The van der Waals surface area contributed by atoms with Gasteiger partial charge in [-0.3, -0.25) is 4.99 Å². The van der Waals surface area contributed by atoms with Gasteiger partial charge < -0.3 is 10.6 Å². The normalized spacial score (nSPS) is 13.9. The molecule has 0 heterocycles. The Balaban J connectivity index is 0.00000144. The zero-order valence-electron chi connectivity index (χ0n) is 10.4. The molecule has 94 valence electrons. The Morgan fingerprint density at radius 1 is 1.29 bits per heavy atom. The van der Waals surface area contributed by atoms with Gasteiger partial charge in [0, 0.05) is 20.6 Å². The number of aliphatic imine (C=N–C) groups is 1. The molecule has 0 aromatic heterocycles. The number of nitrogens with zero attached hydrogens (tertiary/aromatic N) is 1. The second-order valence-electron chi connectivity index (χ2n) is 4.13. The van der Waals surface area contributed by atoms with Gasteiger partial charge in [-0.1, -0.05) is 18.2 Å². The smallest absolute Gasteiger partial charge is 0.190 e. The van der Waals surface area contributed by atoms with Crippen molar-refractivity contribution in [2.45, 2.75) is 25.8 Å². The zero-order chi connectivity index (χ0) is 11.4. The van der Waals surface area contributed by atoms with Crippen molar-refractivity contribution in [1.29, 1.82) is 0 Å². The third-order valence-electron chi connectivity index (χ3n) is 3.08. The maximum atomic E-state index is 4.09. The van der Waals surface area contributed by atoms with Gasteiger partial charge in [-0.15, -0.1) is 24.0 Å². The lowest BCUT2D eigenvalue weighted by molar-refractivity contribution is 0.863. The number of hydrogen-bond donors (Lipinski definition) is 2. The van der Waals surface area contributed by atoms with Crippen LogP contribution in [0.1, 0.15) is 23.1 Å². The number of guanidine groups is 1. The standard InChI is InChI=1S/C13H19N3.HI/c1-14-13(15-2)16-9-10-6-7-11-4-3-5-12(11)8-10;/h6-8H,3-5,9H2,1-2H3,(H2,14,15,16);1H. The van der Waals surface area contributed by atoms with Gasteiger partial charge in [0.25, 0.3) is 0 Å². The summed E-state index contributed by atoms with van der Waals surface area (Å²) in [5, 5.41) is 6.28. The largest absolute Gasteiger partial charge is 0.359 e. The quantitative estimate of drug-likeness (QED) is 0.489. The molecule has 4 heteroatoms. The molecule has 2 N–H and O–H groups in total. The Labute approximate surface area is 120 Å². The van der Waals surface area contributed by atoms with Crippen molar-refractivity contribution in [3.8, 4) is 0 Å². The molecule has 2 rings (SSSR count). The summed E-state index contributed by atoms with van der Waals surface area (Å²) in [4.78, 5) is 4.09. The zero-order valence-corrected chi connectivity index (χ0v) is 12.7. The van der Waals surface area contributed by atoms with Crippen LogP contribution in [0.3, 0.4) is 0 Å². The molecular formula is C13H20IN3. The Morgan fingerprint density at radius 2 is 2.06 bits per heavy atom. The molecule has 0 amide bonds. The van der Waals surface area contributed by atoms with Crippen LogP contribution >= 0.6 is 24.0 Å². The molecule has 0 saturated carbocycles. The first-order valence-electron chi connectivity index (χ1n) is 5.82. The molecule has 0 spiro atoms. The topological polar surface area (TPSA) is 36.4 Å². The minimum atomic E-state index is 0. The van der Waals surface area contributed by atoms with Crippen LogP contribution in [0.5, 0.6) is 0 Å². The lowest BCUT2D eigenvalue weighted by Crippen LogP contribution is -2.34. The highest BCUT2D eigenvalue weighted by atomic mass is 127. The molecule has 0 radical (unpaired) electrons. The lowest BCUT2D eigenvalue weighted by Gasteiger charge is -2.09. The van der Waals surface area contributed by atoms with Gasteiger partial charge >= 0.3 is 0 Å². The second kappa shape index (κ2) is 6.83. The van der Waals surface area contributed by atoms with E-state index in [2.05, 4.69) is 33.8 Å². The minimum absolute atomic E-state index is 0. The highest BCUT2D eigenvalue weighted by Crippen LogP contribution is 2.22. The van der Waals surface area contributed by atoms with E-state index in [9.17, 15) is 0 Å². The average molecular weight is 345 g/mol. The molecule has 1 aromatic rings. The first kappa shape index (κ1) is 14.3. The van der Waals surface area contributed by atoms with Gasteiger partial charge in [-0.05, 0) is 36.0 Å². The Hall–Kier alpha value is -0.780. The SMILES string of the molecule is CN=C(NC)NCc1ccc2c(c1)CCC2.I. The van der Waals surface area contributed by atoms with Gasteiger partial charge in [0.05, 0.1) is 0 Å². The van der Waals surface area contributed by atoms with E-state index in [1.165, 1.54) is 36.0 Å². The van der Waals surface area contributed by atoms with Crippen LogP contribution in [-0.2, 0) is 19.4 Å². The third kappa shape index (κ3) is 3.59. The fourth-order valence-corrected chi connectivity index (χ4v) is 2.20. The minimum Gasteiger partial charge on any atom is -0.359 e. The summed E-state index contributed by atoms with van der Waals surface area (Å²) in [7, 11) is 3.65. The molecular weight excluding hydrogens is 325 g/mol. The summed E-state index contributed by atoms with van der Waals surface area (Å²) < 4.78 is 0.